The quantitative estimate of drug-likeness (QED) is 0.916. The highest BCUT2D eigenvalue weighted by atomic mass is 15.3. The van der Waals surface area contributed by atoms with Crippen molar-refractivity contribution in [1.82, 2.24) is 14.9 Å². The summed E-state index contributed by atoms with van der Waals surface area (Å²) in [6.07, 6.45) is 2.68. The number of benzene rings is 1. The Morgan fingerprint density at radius 1 is 1.17 bits per heavy atom. The minimum Gasteiger partial charge on any atom is -0.369 e. The van der Waals surface area contributed by atoms with Crippen molar-refractivity contribution in [3.63, 3.8) is 0 Å². The van der Waals surface area contributed by atoms with Gasteiger partial charge in [-0.1, -0.05) is 24.3 Å². The third kappa shape index (κ3) is 3.67. The maximum Gasteiger partial charge on any atom is 0.134 e. The second kappa shape index (κ2) is 6.77. The summed E-state index contributed by atoms with van der Waals surface area (Å²) in [6, 6.07) is 10.8. The summed E-state index contributed by atoms with van der Waals surface area (Å²) in [7, 11) is 4.14. The van der Waals surface area contributed by atoms with Crippen LogP contribution in [0.1, 0.15) is 25.0 Å². The predicted molar refractivity (Wildman–Crippen MR) is 99.5 cm³/mol. The van der Waals surface area contributed by atoms with Crippen LogP contribution in [0.15, 0.2) is 36.7 Å². The molecule has 0 radical (unpaired) electrons. The Hall–Kier alpha value is -2.14. The molecular weight excluding hydrogens is 298 g/mol. The first kappa shape index (κ1) is 16.7. The van der Waals surface area contributed by atoms with Gasteiger partial charge < -0.3 is 15.1 Å². The van der Waals surface area contributed by atoms with Crippen molar-refractivity contribution in [2.24, 2.45) is 0 Å². The van der Waals surface area contributed by atoms with E-state index in [4.69, 9.17) is 0 Å². The van der Waals surface area contributed by atoms with Gasteiger partial charge in [-0.2, -0.15) is 0 Å². The van der Waals surface area contributed by atoms with Crippen LogP contribution in [0.2, 0.25) is 0 Å². The van der Waals surface area contributed by atoms with Crippen LogP contribution in [0.3, 0.4) is 0 Å². The van der Waals surface area contributed by atoms with E-state index in [9.17, 15) is 0 Å². The molecule has 2 aromatic rings. The number of hydrogen-bond donors (Lipinski definition) is 1. The molecule has 2 heterocycles. The first-order valence-electron chi connectivity index (χ1n) is 8.51. The molecule has 3 rings (SSSR count). The van der Waals surface area contributed by atoms with Gasteiger partial charge in [0, 0.05) is 31.2 Å². The predicted octanol–water partition coefficient (Wildman–Crippen LogP) is 2.79. The Balaban J connectivity index is 1.80. The van der Waals surface area contributed by atoms with Crippen LogP contribution in [0.25, 0.3) is 0 Å². The molecule has 5 nitrogen and oxygen atoms in total. The monoisotopic (exact) mass is 325 g/mol. The molecule has 5 heteroatoms. The average Bonchev–Trinajstić information content (AvgIpc) is 2.53. The minimum absolute atomic E-state index is 0.0314. The van der Waals surface area contributed by atoms with Crippen molar-refractivity contribution in [2.75, 3.05) is 37.4 Å². The molecule has 0 aliphatic carbocycles. The highest BCUT2D eigenvalue weighted by Crippen LogP contribution is 2.34. The summed E-state index contributed by atoms with van der Waals surface area (Å²) < 4.78 is 0. The lowest BCUT2D eigenvalue weighted by molar-refractivity contribution is 0.424. The number of aromatic nitrogens is 2. The van der Waals surface area contributed by atoms with Crippen molar-refractivity contribution in [1.29, 1.82) is 0 Å². The van der Waals surface area contributed by atoms with Crippen LogP contribution in [-0.2, 0) is 13.0 Å². The Labute approximate surface area is 144 Å². The summed E-state index contributed by atoms with van der Waals surface area (Å²) >= 11 is 0. The average molecular weight is 325 g/mol. The fourth-order valence-electron chi connectivity index (χ4n) is 3.22. The van der Waals surface area contributed by atoms with E-state index < -0.39 is 0 Å². The molecule has 0 bridgehead atoms. The summed E-state index contributed by atoms with van der Waals surface area (Å²) in [6.45, 7) is 7.29. The molecule has 1 aliphatic heterocycles. The molecule has 0 fully saturated rings. The molecule has 0 saturated carbocycles. The van der Waals surface area contributed by atoms with Crippen LogP contribution in [0.4, 0.5) is 11.6 Å². The Morgan fingerprint density at radius 3 is 2.67 bits per heavy atom. The molecule has 0 unspecified atom stereocenters. The van der Waals surface area contributed by atoms with E-state index in [-0.39, 0.29) is 5.54 Å². The Kier molecular flexibility index (Phi) is 4.71. The van der Waals surface area contributed by atoms with Gasteiger partial charge in [0.15, 0.2) is 0 Å². The first-order valence-corrected chi connectivity index (χ1v) is 8.51. The lowest BCUT2D eigenvalue weighted by Gasteiger charge is -2.44. The van der Waals surface area contributed by atoms with Crippen molar-refractivity contribution in [2.45, 2.75) is 32.4 Å². The fourth-order valence-corrected chi connectivity index (χ4v) is 3.22. The lowest BCUT2D eigenvalue weighted by Crippen LogP contribution is -2.49. The summed E-state index contributed by atoms with van der Waals surface area (Å²) in [5.74, 6) is 1.87. The number of rotatable bonds is 5. The van der Waals surface area contributed by atoms with Gasteiger partial charge in [0.1, 0.15) is 18.0 Å². The SMILES string of the molecule is CN(C)CCNc1cc(N2Cc3ccccc3CC2(C)C)ncn1. The minimum atomic E-state index is 0.0314. The first-order chi connectivity index (χ1) is 11.5. The van der Waals surface area contributed by atoms with E-state index in [1.807, 2.05) is 0 Å². The van der Waals surface area contributed by atoms with Gasteiger partial charge in [-0.25, -0.2) is 9.97 Å². The van der Waals surface area contributed by atoms with E-state index in [0.717, 1.165) is 37.7 Å². The highest BCUT2D eigenvalue weighted by Gasteiger charge is 2.33. The van der Waals surface area contributed by atoms with Crippen LogP contribution < -0.4 is 10.2 Å². The van der Waals surface area contributed by atoms with E-state index in [0.29, 0.717) is 0 Å². The Morgan fingerprint density at radius 2 is 1.92 bits per heavy atom. The number of hydrogen-bond acceptors (Lipinski definition) is 5. The maximum atomic E-state index is 4.54. The number of nitrogens with one attached hydrogen (secondary N) is 1. The number of nitrogens with zero attached hydrogens (tertiary/aromatic N) is 4. The van der Waals surface area contributed by atoms with Gasteiger partial charge in [0.05, 0.1) is 0 Å². The van der Waals surface area contributed by atoms with Gasteiger partial charge >= 0.3 is 0 Å². The normalized spacial score (nSPS) is 16.1. The zero-order valence-electron chi connectivity index (χ0n) is 15.1. The molecule has 0 atom stereocenters. The lowest BCUT2D eigenvalue weighted by atomic mass is 9.85. The third-order valence-corrected chi connectivity index (χ3v) is 4.59. The van der Waals surface area contributed by atoms with E-state index >= 15 is 0 Å². The molecule has 0 spiro atoms. The number of anilines is 2. The molecule has 128 valence electrons. The van der Waals surface area contributed by atoms with Crippen LogP contribution in [0, 0.1) is 0 Å². The second-order valence-electron chi connectivity index (χ2n) is 7.34. The van der Waals surface area contributed by atoms with E-state index in [1.54, 1.807) is 6.33 Å². The van der Waals surface area contributed by atoms with Crippen molar-refractivity contribution < 1.29 is 0 Å². The topological polar surface area (TPSA) is 44.3 Å². The third-order valence-electron chi connectivity index (χ3n) is 4.59. The molecule has 1 aromatic carbocycles. The summed E-state index contributed by atoms with van der Waals surface area (Å²) in [5.41, 5.74) is 2.86. The number of fused-ring (bicyclic) bond motifs is 1. The smallest absolute Gasteiger partial charge is 0.134 e. The summed E-state index contributed by atoms with van der Waals surface area (Å²) in [4.78, 5) is 13.4. The van der Waals surface area contributed by atoms with Gasteiger partial charge in [0.2, 0.25) is 0 Å². The molecule has 1 N–H and O–H groups in total. The second-order valence-corrected chi connectivity index (χ2v) is 7.34. The standard InChI is InChI=1S/C19H27N5/c1-19(2)12-15-7-5-6-8-16(15)13-24(19)18-11-17(21-14-22-18)20-9-10-23(3)4/h5-8,11,14H,9-10,12-13H2,1-4H3,(H,20,21,22). The van der Waals surface area contributed by atoms with Crippen molar-refractivity contribution >= 4 is 11.6 Å². The zero-order valence-corrected chi connectivity index (χ0v) is 15.1. The fraction of sp³-hybridized carbons (Fsp3) is 0.474. The van der Waals surface area contributed by atoms with Crippen molar-refractivity contribution in [3.05, 3.63) is 47.8 Å². The molecule has 1 aromatic heterocycles. The van der Waals surface area contributed by atoms with Crippen LogP contribution >= 0.6 is 0 Å². The molecule has 0 saturated heterocycles. The molecular formula is C19H27N5. The van der Waals surface area contributed by atoms with Gasteiger partial charge in [-0.3, -0.25) is 0 Å². The maximum absolute atomic E-state index is 4.54. The van der Waals surface area contributed by atoms with E-state index in [2.05, 4.69) is 83.4 Å². The van der Waals surface area contributed by atoms with Gasteiger partial charge in [-0.05, 0) is 45.5 Å². The summed E-state index contributed by atoms with van der Waals surface area (Å²) in [5, 5.41) is 3.38. The molecule has 1 aliphatic rings. The largest absolute Gasteiger partial charge is 0.369 e. The van der Waals surface area contributed by atoms with Gasteiger partial charge in [-0.15, -0.1) is 0 Å². The Bertz CT molecular complexity index is 696. The zero-order chi connectivity index (χ0) is 17.2. The van der Waals surface area contributed by atoms with Gasteiger partial charge in [0.25, 0.3) is 0 Å². The van der Waals surface area contributed by atoms with Crippen molar-refractivity contribution in [3.8, 4) is 0 Å². The van der Waals surface area contributed by atoms with E-state index in [1.165, 1.54) is 11.1 Å². The van der Waals surface area contributed by atoms with Crippen LogP contribution in [0.5, 0.6) is 0 Å². The highest BCUT2D eigenvalue weighted by molar-refractivity contribution is 5.53. The number of likely N-dealkylation sites (N-methyl/N-ethyl adjacent to an activating group) is 1. The van der Waals surface area contributed by atoms with Crippen LogP contribution in [-0.4, -0.2) is 47.6 Å². The molecule has 24 heavy (non-hydrogen) atoms. The molecule has 0 amide bonds.